The molecule has 0 saturated heterocycles. The summed E-state index contributed by atoms with van der Waals surface area (Å²) in [6.45, 7) is 8.25. The highest BCUT2D eigenvalue weighted by atomic mass is 32.1. The van der Waals surface area contributed by atoms with E-state index in [-0.39, 0.29) is 5.56 Å². The number of nitrogens with zero attached hydrogens (tertiary/aromatic N) is 3. The van der Waals surface area contributed by atoms with Gasteiger partial charge in [-0.2, -0.15) is 4.68 Å². The molecule has 120 valence electrons. The smallest absolute Gasteiger partial charge is 0.267 e. The average Bonchev–Trinajstić information content (AvgIpc) is 3.00. The van der Waals surface area contributed by atoms with Crippen LogP contribution in [0.2, 0.25) is 0 Å². The summed E-state index contributed by atoms with van der Waals surface area (Å²) >= 11 is 1.71. The van der Waals surface area contributed by atoms with Crippen LogP contribution in [0.25, 0.3) is 10.2 Å². The van der Waals surface area contributed by atoms with Gasteiger partial charge in [0.05, 0.1) is 5.39 Å². The molecule has 1 aliphatic rings. The normalized spacial score (nSPS) is 17.7. The predicted molar refractivity (Wildman–Crippen MR) is 94.5 cm³/mol. The third-order valence-electron chi connectivity index (χ3n) is 4.90. The maximum atomic E-state index is 13.3. The molecule has 4 rings (SSSR count). The zero-order valence-corrected chi connectivity index (χ0v) is 14.8. The van der Waals surface area contributed by atoms with Crippen LogP contribution in [0.5, 0.6) is 0 Å². The number of aromatic nitrogens is 3. The van der Waals surface area contributed by atoms with Gasteiger partial charge in [-0.25, -0.2) is 4.98 Å². The van der Waals surface area contributed by atoms with Gasteiger partial charge in [0.2, 0.25) is 0 Å². The van der Waals surface area contributed by atoms with Gasteiger partial charge >= 0.3 is 0 Å². The SMILES string of the molecule is Cc1ccc(C)n1-n1c(C)nc2sc3c(c2c1=O)CCC(C)C3. The fourth-order valence-corrected chi connectivity index (χ4v) is 5.11. The first-order valence-electron chi connectivity index (χ1n) is 8.17. The highest BCUT2D eigenvalue weighted by molar-refractivity contribution is 7.18. The Bertz CT molecular complexity index is 957. The largest absolute Gasteiger partial charge is 0.281 e. The zero-order valence-electron chi connectivity index (χ0n) is 14.0. The molecule has 3 aromatic rings. The number of hydrogen-bond donors (Lipinski definition) is 0. The molecule has 5 heteroatoms. The standard InChI is InChI=1S/C18H21N3OS/c1-10-5-8-14-15(9-10)23-17-16(14)18(22)21(13(4)19-17)20-11(2)6-7-12(20)3/h6-7,10H,5,8-9H2,1-4H3. The van der Waals surface area contributed by atoms with Crippen molar-refractivity contribution in [1.29, 1.82) is 0 Å². The van der Waals surface area contributed by atoms with Crippen molar-refractivity contribution in [1.82, 2.24) is 14.3 Å². The zero-order chi connectivity index (χ0) is 16.3. The molecule has 0 N–H and O–H groups in total. The Labute approximate surface area is 139 Å². The lowest BCUT2D eigenvalue weighted by Gasteiger charge is -2.18. The van der Waals surface area contributed by atoms with E-state index in [4.69, 9.17) is 4.98 Å². The second-order valence-electron chi connectivity index (χ2n) is 6.74. The van der Waals surface area contributed by atoms with E-state index in [0.29, 0.717) is 5.92 Å². The Balaban J connectivity index is 2.06. The van der Waals surface area contributed by atoms with E-state index < -0.39 is 0 Å². The van der Waals surface area contributed by atoms with Gasteiger partial charge in [0.15, 0.2) is 0 Å². The van der Waals surface area contributed by atoms with E-state index in [1.165, 1.54) is 10.4 Å². The summed E-state index contributed by atoms with van der Waals surface area (Å²) in [5.74, 6) is 1.45. The summed E-state index contributed by atoms with van der Waals surface area (Å²) in [6.07, 6.45) is 3.24. The summed E-state index contributed by atoms with van der Waals surface area (Å²) in [5.41, 5.74) is 3.41. The number of hydrogen-bond acceptors (Lipinski definition) is 3. The summed E-state index contributed by atoms with van der Waals surface area (Å²) in [6, 6.07) is 4.08. The minimum atomic E-state index is 0.0713. The average molecular weight is 327 g/mol. The number of aryl methyl sites for hydroxylation is 4. The van der Waals surface area contributed by atoms with E-state index >= 15 is 0 Å². The molecular formula is C18H21N3OS. The highest BCUT2D eigenvalue weighted by Gasteiger charge is 2.24. The van der Waals surface area contributed by atoms with E-state index in [9.17, 15) is 4.79 Å². The molecule has 3 heterocycles. The van der Waals surface area contributed by atoms with Crippen molar-refractivity contribution in [3.63, 3.8) is 0 Å². The lowest BCUT2D eigenvalue weighted by atomic mass is 9.89. The van der Waals surface area contributed by atoms with Gasteiger partial charge in [-0.3, -0.25) is 9.47 Å². The fraction of sp³-hybridized carbons (Fsp3) is 0.444. The van der Waals surface area contributed by atoms with E-state index in [2.05, 4.69) is 6.92 Å². The Hall–Kier alpha value is -1.88. The predicted octanol–water partition coefficient (Wildman–Crippen LogP) is 3.62. The lowest BCUT2D eigenvalue weighted by Crippen LogP contribution is -2.31. The van der Waals surface area contributed by atoms with Crippen LogP contribution >= 0.6 is 11.3 Å². The second kappa shape index (κ2) is 5.06. The van der Waals surface area contributed by atoms with Gasteiger partial charge in [-0.1, -0.05) is 6.92 Å². The molecule has 3 aromatic heterocycles. The maximum Gasteiger partial charge on any atom is 0.281 e. The molecule has 4 nitrogen and oxygen atoms in total. The summed E-state index contributed by atoms with van der Waals surface area (Å²) < 4.78 is 3.71. The van der Waals surface area contributed by atoms with Gasteiger partial charge in [0.1, 0.15) is 10.7 Å². The van der Waals surface area contributed by atoms with Crippen LogP contribution in [0.15, 0.2) is 16.9 Å². The summed E-state index contributed by atoms with van der Waals surface area (Å²) in [4.78, 5) is 20.3. The van der Waals surface area contributed by atoms with Crippen LogP contribution in [0.3, 0.4) is 0 Å². The van der Waals surface area contributed by atoms with Crippen molar-refractivity contribution in [2.75, 3.05) is 0 Å². The van der Waals surface area contributed by atoms with Gasteiger partial charge in [-0.05, 0) is 63.6 Å². The minimum Gasteiger partial charge on any atom is -0.267 e. The molecule has 23 heavy (non-hydrogen) atoms. The van der Waals surface area contributed by atoms with Crippen LogP contribution in [0, 0.1) is 26.7 Å². The third-order valence-corrected chi connectivity index (χ3v) is 6.05. The molecule has 0 spiro atoms. The molecular weight excluding hydrogens is 306 g/mol. The summed E-state index contributed by atoms with van der Waals surface area (Å²) in [7, 11) is 0. The molecule has 0 amide bonds. The van der Waals surface area contributed by atoms with Crippen molar-refractivity contribution in [3.05, 3.63) is 50.1 Å². The van der Waals surface area contributed by atoms with Gasteiger partial charge in [0.25, 0.3) is 5.56 Å². The highest BCUT2D eigenvalue weighted by Crippen LogP contribution is 2.35. The quantitative estimate of drug-likeness (QED) is 0.685. The minimum absolute atomic E-state index is 0.0713. The van der Waals surface area contributed by atoms with Crippen LogP contribution in [-0.2, 0) is 12.8 Å². The lowest BCUT2D eigenvalue weighted by molar-refractivity contribution is 0.508. The van der Waals surface area contributed by atoms with Crippen LogP contribution in [0.1, 0.15) is 41.0 Å². The van der Waals surface area contributed by atoms with Crippen LogP contribution in [0.4, 0.5) is 0 Å². The second-order valence-corrected chi connectivity index (χ2v) is 7.82. The van der Waals surface area contributed by atoms with Crippen LogP contribution in [-0.4, -0.2) is 14.3 Å². The topological polar surface area (TPSA) is 39.8 Å². The first-order valence-corrected chi connectivity index (χ1v) is 8.98. The Kier molecular flexibility index (Phi) is 3.23. The van der Waals surface area contributed by atoms with Crippen molar-refractivity contribution in [2.24, 2.45) is 5.92 Å². The monoisotopic (exact) mass is 327 g/mol. The van der Waals surface area contributed by atoms with Gasteiger partial charge in [0, 0.05) is 16.3 Å². The van der Waals surface area contributed by atoms with Crippen molar-refractivity contribution >= 4 is 21.6 Å². The van der Waals surface area contributed by atoms with Crippen molar-refractivity contribution in [2.45, 2.75) is 47.0 Å². The Morgan fingerprint density at radius 3 is 2.57 bits per heavy atom. The third kappa shape index (κ3) is 2.10. The molecule has 0 aromatic carbocycles. The molecule has 0 saturated carbocycles. The first-order chi connectivity index (χ1) is 11.0. The van der Waals surface area contributed by atoms with Crippen LogP contribution < -0.4 is 5.56 Å². The Morgan fingerprint density at radius 1 is 1.17 bits per heavy atom. The molecule has 1 aliphatic carbocycles. The van der Waals surface area contributed by atoms with Gasteiger partial charge < -0.3 is 0 Å². The number of rotatable bonds is 1. The van der Waals surface area contributed by atoms with Crippen molar-refractivity contribution in [3.8, 4) is 0 Å². The molecule has 0 bridgehead atoms. The molecule has 1 unspecified atom stereocenters. The molecule has 0 fully saturated rings. The molecule has 0 radical (unpaired) electrons. The van der Waals surface area contributed by atoms with E-state index in [1.807, 2.05) is 37.6 Å². The molecule has 1 atom stereocenters. The number of thiophene rings is 1. The van der Waals surface area contributed by atoms with E-state index in [1.54, 1.807) is 16.0 Å². The maximum absolute atomic E-state index is 13.3. The first kappa shape index (κ1) is 14.7. The Morgan fingerprint density at radius 2 is 1.87 bits per heavy atom. The fourth-order valence-electron chi connectivity index (χ4n) is 3.69. The molecule has 0 aliphatic heterocycles. The summed E-state index contributed by atoms with van der Waals surface area (Å²) in [5, 5.41) is 0.843. The van der Waals surface area contributed by atoms with Gasteiger partial charge in [-0.15, -0.1) is 11.3 Å². The number of fused-ring (bicyclic) bond motifs is 3. The van der Waals surface area contributed by atoms with Crippen molar-refractivity contribution < 1.29 is 0 Å². The van der Waals surface area contributed by atoms with E-state index in [0.717, 1.165) is 46.7 Å².